The summed E-state index contributed by atoms with van der Waals surface area (Å²) in [4.78, 5) is 7.08. The van der Waals surface area contributed by atoms with E-state index in [4.69, 9.17) is 0 Å². The van der Waals surface area contributed by atoms with Crippen molar-refractivity contribution in [2.75, 3.05) is 39.3 Å². The molecule has 0 spiro atoms. The molecule has 0 bridgehead atoms. The first-order valence-corrected chi connectivity index (χ1v) is 8.52. The van der Waals surface area contributed by atoms with E-state index in [0.29, 0.717) is 0 Å². The van der Waals surface area contributed by atoms with E-state index < -0.39 is 0 Å². The highest BCUT2D eigenvalue weighted by Crippen LogP contribution is 1.95. The van der Waals surface area contributed by atoms with Gasteiger partial charge in [-0.25, -0.2) is 0 Å². The van der Waals surface area contributed by atoms with E-state index in [0.717, 1.165) is 38.7 Å². The molecular weight excluding hydrogens is 248 g/mol. The molecular formula is C16H36N4. The van der Waals surface area contributed by atoms with Crippen molar-refractivity contribution in [2.24, 2.45) is 4.99 Å². The third-order valence-electron chi connectivity index (χ3n) is 3.46. The van der Waals surface area contributed by atoms with Gasteiger partial charge in [-0.2, -0.15) is 0 Å². The van der Waals surface area contributed by atoms with Crippen molar-refractivity contribution in [3.8, 4) is 0 Å². The second-order valence-electron chi connectivity index (χ2n) is 5.13. The Balaban J connectivity index is 3.74. The van der Waals surface area contributed by atoms with Crippen molar-refractivity contribution in [3.05, 3.63) is 0 Å². The lowest BCUT2D eigenvalue weighted by atomic mass is 10.2. The molecule has 0 atom stereocenters. The van der Waals surface area contributed by atoms with E-state index in [1.165, 1.54) is 38.6 Å². The summed E-state index contributed by atoms with van der Waals surface area (Å²) in [6.45, 7) is 15.2. The maximum absolute atomic E-state index is 4.60. The highest BCUT2D eigenvalue weighted by atomic mass is 15.2. The van der Waals surface area contributed by atoms with Crippen molar-refractivity contribution >= 4 is 5.96 Å². The molecule has 0 aromatic heterocycles. The molecule has 120 valence electrons. The molecule has 0 aliphatic heterocycles. The number of nitrogens with one attached hydrogen (secondary N) is 2. The van der Waals surface area contributed by atoms with Gasteiger partial charge in [0, 0.05) is 19.6 Å². The molecule has 0 aliphatic rings. The van der Waals surface area contributed by atoms with E-state index in [2.05, 4.69) is 48.2 Å². The number of aliphatic imine (C=N–C) groups is 1. The van der Waals surface area contributed by atoms with Crippen LogP contribution < -0.4 is 10.6 Å². The summed E-state index contributed by atoms with van der Waals surface area (Å²) in [5.74, 6) is 0.978. The summed E-state index contributed by atoms with van der Waals surface area (Å²) in [6.07, 6.45) is 6.17. The van der Waals surface area contributed by atoms with Crippen LogP contribution in [0.1, 0.15) is 59.8 Å². The van der Waals surface area contributed by atoms with Gasteiger partial charge in [0.05, 0.1) is 0 Å². The number of guanidine groups is 1. The van der Waals surface area contributed by atoms with Gasteiger partial charge >= 0.3 is 0 Å². The maximum Gasteiger partial charge on any atom is 0.191 e. The van der Waals surface area contributed by atoms with Crippen molar-refractivity contribution < 1.29 is 0 Å². The third-order valence-corrected chi connectivity index (χ3v) is 3.46. The molecule has 0 amide bonds. The fourth-order valence-electron chi connectivity index (χ4n) is 2.10. The predicted molar refractivity (Wildman–Crippen MR) is 90.5 cm³/mol. The predicted octanol–water partition coefficient (Wildman–Crippen LogP) is 2.85. The molecule has 2 N–H and O–H groups in total. The highest BCUT2D eigenvalue weighted by Gasteiger charge is 1.99. The lowest BCUT2D eigenvalue weighted by molar-refractivity contribution is 0.297. The number of unbranched alkanes of at least 4 members (excludes halogenated alkanes) is 3. The lowest BCUT2D eigenvalue weighted by Gasteiger charge is -2.18. The Morgan fingerprint density at radius 2 is 1.65 bits per heavy atom. The topological polar surface area (TPSA) is 39.7 Å². The second kappa shape index (κ2) is 14.6. The summed E-state index contributed by atoms with van der Waals surface area (Å²) in [5, 5.41) is 6.74. The Kier molecular flexibility index (Phi) is 14.1. The van der Waals surface area contributed by atoms with Crippen LogP contribution in [0.15, 0.2) is 4.99 Å². The van der Waals surface area contributed by atoms with Crippen molar-refractivity contribution in [2.45, 2.75) is 59.8 Å². The van der Waals surface area contributed by atoms with Crippen LogP contribution in [0.25, 0.3) is 0 Å². The normalized spacial score (nSPS) is 11.9. The molecule has 20 heavy (non-hydrogen) atoms. The lowest BCUT2D eigenvalue weighted by Crippen LogP contribution is -2.38. The first kappa shape index (κ1) is 19.2. The largest absolute Gasteiger partial charge is 0.357 e. The SMILES string of the molecule is CCCCCN=C(NCC)NCCCCN(CC)CC. The van der Waals surface area contributed by atoms with Crippen molar-refractivity contribution in [1.29, 1.82) is 0 Å². The van der Waals surface area contributed by atoms with Gasteiger partial charge in [0.1, 0.15) is 0 Å². The first-order chi connectivity index (χ1) is 9.78. The summed E-state index contributed by atoms with van der Waals surface area (Å²) in [6, 6.07) is 0. The van der Waals surface area contributed by atoms with Gasteiger partial charge in [-0.1, -0.05) is 33.6 Å². The van der Waals surface area contributed by atoms with Crippen LogP contribution in [-0.2, 0) is 0 Å². The zero-order valence-electron chi connectivity index (χ0n) is 14.2. The second-order valence-corrected chi connectivity index (χ2v) is 5.13. The van der Waals surface area contributed by atoms with E-state index in [-0.39, 0.29) is 0 Å². The van der Waals surface area contributed by atoms with Crippen LogP contribution in [0, 0.1) is 0 Å². The van der Waals surface area contributed by atoms with E-state index in [9.17, 15) is 0 Å². The summed E-state index contributed by atoms with van der Waals surface area (Å²) in [7, 11) is 0. The Labute approximate surface area is 126 Å². The summed E-state index contributed by atoms with van der Waals surface area (Å²) >= 11 is 0. The van der Waals surface area contributed by atoms with E-state index in [1.54, 1.807) is 0 Å². The molecule has 0 rings (SSSR count). The quantitative estimate of drug-likeness (QED) is 0.329. The Morgan fingerprint density at radius 1 is 0.900 bits per heavy atom. The molecule has 0 saturated carbocycles. The number of nitrogens with zero attached hydrogens (tertiary/aromatic N) is 2. The fraction of sp³-hybridized carbons (Fsp3) is 0.938. The molecule has 0 radical (unpaired) electrons. The van der Waals surface area contributed by atoms with Crippen molar-refractivity contribution in [1.82, 2.24) is 15.5 Å². The number of hydrogen-bond acceptors (Lipinski definition) is 2. The average Bonchev–Trinajstić information content (AvgIpc) is 2.47. The van der Waals surface area contributed by atoms with Crippen LogP contribution in [0.4, 0.5) is 0 Å². The monoisotopic (exact) mass is 284 g/mol. The molecule has 0 saturated heterocycles. The van der Waals surface area contributed by atoms with Crippen LogP contribution in [0.3, 0.4) is 0 Å². The zero-order chi connectivity index (χ0) is 15.1. The number of rotatable bonds is 12. The van der Waals surface area contributed by atoms with Gasteiger partial charge in [-0.05, 0) is 45.8 Å². The summed E-state index contributed by atoms with van der Waals surface area (Å²) in [5.41, 5.74) is 0. The third kappa shape index (κ3) is 11.1. The number of hydrogen-bond donors (Lipinski definition) is 2. The van der Waals surface area contributed by atoms with Crippen LogP contribution in [0.5, 0.6) is 0 Å². The molecule has 4 heteroatoms. The zero-order valence-corrected chi connectivity index (χ0v) is 14.2. The molecule has 0 heterocycles. The Hall–Kier alpha value is -0.770. The molecule has 4 nitrogen and oxygen atoms in total. The Morgan fingerprint density at radius 3 is 2.25 bits per heavy atom. The summed E-state index contributed by atoms with van der Waals surface area (Å²) < 4.78 is 0. The van der Waals surface area contributed by atoms with Gasteiger partial charge < -0.3 is 15.5 Å². The molecule has 0 aliphatic carbocycles. The minimum atomic E-state index is 0.930. The maximum atomic E-state index is 4.60. The molecule has 0 unspecified atom stereocenters. The van der Waals surface area contributed by atoms with Crippen LogP contribution in [0.2, 0.25) is 0 Å². The van der Waals surface area contributed by atoms with Crippen LogP contribution >= 0.6 is 0 Å². The van der Waals surface area contributed by atoms with E-state index >= 15 is 0 Å². The first-order valence-electron chi connectivity index (χ1n) is 8.52. The molecule has 0 aromatic rings. The minimum Gasteiger partial charge on any atom is -0.357 e. The van der Waals surface area contributed by atoms with Gasteiger partial charge in [-0.3, -0.25) is 4.99 Å². The van der Waals surface area contributed by atoms with Crippen LogP contribution in [-0.4, -0.2) is 50.1 Å². The standard InChI is InChI=1S/C16H36N4/c1-5-9-10-13-18-16(17-6-2)19-14-11-12-15-20(7-3)8-4/h5-15H2,1-4H3,(H2,17,18,19). The molecule has 0 aromatic carbocycles. The smallest absolute Gasteiger partial charge is 0.191 e. The molecule has 0 fully saturated rings. The highest BCUT2D eigenvalue weighted by molar-refractivity contribution is 5.79. The van der Waals surface area contributed by atoms with Gasteiger partial charge in [0.2, 0.25) is 0 Å². The minimum absolute atomic E-state index is 0.930. The fourth-order valence-corrected chi connectivity index (χ4v) is 2.10. The Bertz CT molecular complexity index is 225. The van der Waals surface area contributed by atoms with Gasteiger partial charge in [0.15, 0.2) is 5.96 Å². The van der Waals surface area contributed by atoms with Crippen molar-refractivity contribution in [3.63, 3.8) is 0 Å². The van der Waals surface area contributed by atoms with Gasteiger partial charge in [0.25, 0.3) is 0 Å². The van der Waals surface area contributed by atoms with E-state index in [1.807, 2.05) is 0 Å². The average molecular weight is 284 g/mol. The van der Waals surface area contributed by atoms with Gasteiger partial charge in [-0.15, -0.1) is 0 Å².